The molecule has 2 aromatic rings. The number of morpholine rings is 1. The van der Waals surface area contributed by atoms with Crippen LogP contribution in [0.15, 0.2) is 30.3 Å². The Hall–Kier alpha value is -2.32. The van der Waals surface area contributed by atoms with Crippen molar-refractivity contribution in [2.75, 3.05) is 49.3 Å². The number of nitrogens with one attached hydrogen (secondary N) is 1. The maximum Gasteiger partial charge on any atom is 0.229 e. The van der Waals surface area contributed by atoms with Crippen molar-refractivity contribution in [3.8, 4) is 16.9 Å². The van der Waals surface area contributed by atoms with E-state index >= 15 is 4.39 Å². The standard InChI is InChI=1S/C22H29FN2O4S/c1-22(2,3)15-12-18(21(28-4)20(13-15)24-30(5,26)27)17-7-6-16(14-19(17)23)25-8-10-29-11-9-25/h6-7,12-14,24H,8-11H2,1-5H3. The molecule has 0 saturated carbocycles. The average molecular weight is 437 g/mol. The molecule has 6 nitrogen and oxygen atoms in total. The molecule has 1 aliphatic rings. The lowest BCUT2D eigenvalue weighted by Crippen LogP contribution is -2.36. The molecule has 0 unspecified atom stereocenters. The van der Waals surface area contributed by atoms with Crippen LogP contribution in [0.25, 0.3) is 11.1 Å². The number of hydrogen-bond acceptors (Lipinski definition) is 5. The molecule has 1 aliphatic heterocycles. The summed E-state index contributed by atoms with van der Waals surface area (Å²) in [6.45, 7) is 8.70. The zero-order chi connectivity index (χ0) is 22.1. The van der Waals surface area contributed by atoms with Gasteiger partial charge >= 0.3 is 0 Å². The lowest BCUT2D eigenvalue weighted by atomic mass is 9.84. The summed E-state index contributed by atoms with van der Waals surface area (Å²) in [5.74, 6) is -0.111. The molecule has 0 radical (unpaired) electrons. The minimum absolute atomic E-state index is 0.279. The zero-order valence-corrected chi connectivity index (χ0v) is 18.9. The second-order valence-electron chi connectivity index (χ2n) is 8.49. The lowest BCUT2D eigenvalue weighted by molar-refractivity contribution is 0.122. The van der Waals surface area contributed by atoms with Crippen LogP contribution in [-0.2, 0) is 20.2 Å². The van der Waals surface area contributed by atoms with Crippen molar-refractivity contribution >= 4 is 21.4 Å². The van der Waals surface area contributed by atoms with Gasteiger partial charge in [0.1, 0.15) is 5.82 Å². The second-order valence-corrected chi connectivity index (χ2v) is 10.2. The van der Waals surface area contributed by atoms with E-state index in [0.717, 1.165) is 17.5 Å². The van der Waals surface area contributed by atoms with Gasteiger partial charge in [-0.15, -0.1) is 0 Å². The van der Waals surface area contributed by atoms with Gasteiger partial charge in [-0.05, 0) is 41.3 Å². The minimum atomic E-state index is -3.54. The van der Waals surface area contributed by atoms with E-state index in [1.807, 2.05) is 32.9 Å². The predicted molar refractivity (Wildman–Crippen MR) is 119 cm³/mol. The van der Waals surface area contributed by atoms with Gasteiger partial charge in [0.25, 0.3) is 0 Å². The number of rotatable bonds is 5. The summed E-state index contributed by atoms with van der Waals surface area (Å²) in [6.07, 6.45) is 1.08. The highest BCUT2D eigenvalue weighted by atomic mass is 32.2. The quantitative estimate of drug-likeness (QED) is 0.767. The molecule has 30 heavy (non-hydrogen) atoms. The number of hydrogen-bond donors (Lipinski definition) is 1. The highest BCUT2D eigenvalue weighted by Gasteiger charge is 2.23. The fourth-order valence-corrected chi connectivity index (χ4v) is 4.05. The Morgan fingerprint density at radius 1 is 1.10 bits per heavy atom. The normalized spacial score (nSPS) is 15.2. The van der Waals surface area contributed by atoms with E-state index < -0.39 is 15.8 Å². The smallest absolute Gasteiger partial charge is 0.229 e. The summed E-state index contributed by atoms with van der Waals surface area (Å²) in [7, 11) is -2.10. The average Bonchev–Trinajstić information content (AvgIpc) is 2.66. The van der Waals surface area contributed by atoms with Crippen molar-refractivity contribution in [1.29, 1.82) is 0 Å². The highest BCUT2D eigenvalue weighted by Crippen LogP contribution is 2.42. The Labute approximate surface area is 178 Å². The van der Waals surface area contributed by atoms with Gasteiger partial charge in [-0.3, -0.25) is 4.72 Å². The SMILES string of the molecule is COc1c(NS(C)(=O)=O)cc(C(C)(C)C)cc1-c1ccc(N2CCOCC2)cc1F. The van der Waals surface area contributed by atoms with Gasteiger partial charge < -0.3 is 14.4 Å². The minimum Gasteiger partial charge on any atom is -0.494 e. The van der Waals surface area contributed by atoms with E-state index in [9.17, 15) is 8.42 Å². The van der Waals surface area contributed by atoms with Gasteiger partial charge in [0.2, 0.25) is 10.0 Å². The fourth-order valence-electron chi connectivity index (χ4n) is 3.50. The van der Waals surface area contributed by atoms with E-state index in [1.165, 1.54) is 13.2 Å². The summed E-state index contributed by atoms with van der Waals surface area (Å²) in [5, 5.41) is 0. The largest absolute Gasteiger partial charge is 0.494 e. The number of anilines is 2. The fraction of sp³-hybridized carbons (Fsp3) is 0.455. The molecular formula is C22H29FN2O4S. The zero-order valence-electron chi connectivity index (χ0n) is 18.1. The number of halogens is 1. The number of sulfonamides is 1. The van der Waals surface area contributed by atoms with Gasteiger partial charge in [0, 0.05) is 29.9 Å². The van der Waals surface area contributed by atoms with Crippen molar-refractivity contribution in [1.82, 2.24) is 0 Å². The molecule has 1 saturated heterocycles. The first kappa shape index (κ1) is 22.4. The van der Waals surface area contributed by atoms with Crippen LogP contribution in [0.3, 0.4) is 0 Å². The lowest BCUT2D eigenvalue weighted by Gasteiger charge is -2.29. The predicted octanol–water partition coefficient (Wildman–Crippen LogP) is 4.01. The van der Waals surface area contributed by atoms with Crippen LogP contribution in [0.4, 0.5) is 15.8 Å². The molecule has 0 aliphatic carbocycles. The molecule has 8 heteroatoms. The van der Waals surface area contributed by atoms with Crippen LogP contribution in [0, 0.1) is 5.82 Å². The van der Waals surface area contributed by atoms with Crippen LogP contribution < -0.4 is 14.4 Å². The van der Waals surface area contributed by atoms with Crippen molar-refractivity contribution in [2.45, 2.75) is 26.2 Å². The number of ether oxygens (including phenoxy) is 2. The Balaban J connectivity index is 2.15. The molecule has 1 N–H and O–H groups in total. The summed E-state index contributed by atoms with van der Waals surface area (Å²) in [5.41, 5.74) is 2.52. The Morgan fingerprint density at radius 3 is 2.30 bits per heavy atom. The third-order valence-corrected chi connectivity index (χ3v) is 5.66. The molecule has 164 valence electrons. The Kier molecular flexibility index (Phi) is 6.29. The molecule has 2 aromatic carbocycles. The summed E-state index contributed by atoms with van der Waals surface area (Å²) in [4.78, 5) is 2.08. The number of methoxy groups -OCH3 is 1. The van der Waals surface area contributed by atoms with Crippen LogP contribution in [-0.4, -0.2) is 48.1 Å². The van der Waals surface area contributed by atoms with Crippen molar-refractivity contribution in [3.05, 3.63) is 41.7 Å². The molecule has 0 atom stereocenters. The topological polar surface area (TPSA) is 67.9 Å². The summed E-state index contributed by atoms with van der Waals surface area (Å²) < 4.78 is 52.5. The van der Waals surface area contributed by atoms with Gasteiger partial charge in [-0.1, -0.05) is 20.8 Å². The first-order valence-electron chi connectivity index (χ1n) is 9.82. The van der Waals surface area contributed by atoms with E-state index in [4.69, 9.17) is 9.47 Å². The number of benzene rings is 2. The molecule has 0 amide bonds. The monoisotopic (exact) mass is 436 g/mol. The third kappa shape index (κ3) is 5.05. The van der Waals surface area contributed by atoms with E-state index in [1.54, 1.807) is 12.1 Å². The van der Waals surface area contributed by atoms with Gasteiger partial charge in [-0.2, -0.15) is 0 Å². The van der Waals surface area contributed by atoms with Crippen molar-refractivity contribution in [2.24, 2.45) is 0 Å². The van der Waals surface area contributed by atoms with Crippen molar-refractivity contribution in [3.63, 3.8) is 0 Å². The maximum absolute atomic E-state index is 15.3. The molecule has 1 heterocycles. The maximum atomic E-state index is 15.3. The van der Waals surface area contributed by atoms with Crippen LogP contribution in [0.2, 0.25) is 0 Å². The van der Waals surface area contributed by atoms with Crippen molar-refractivity contribution < 1.29 is 22.3 Å². The van der Waals surface area contributed by atoms with Crippen LogP contribution >= 0.6 is 0 Å². The second kappa shape index (κ2) is 8.43. The van der Waals surface area contributed by atoms with Crippen LogP contribution in [0.5, 0.6) is 5.75 Å². The molecule has 1 fully saturated rings. The molecular weight excluding hydrogens is 407 g/mol. The molecule has 3 rings (SSSR count). The molecule has 0 aromatic heterocycles. The van der Waals surface area contributed by atoms with Crippen LogP contribution in [0.1, 0.15) is 26.3 Å². The number of nitrogens with zero attached hydrogens (tertiary/aromatic N) is 1. The van der Waals surface area contributed by atoms with Gasteiger partial charge in [0.15, 0.2) is 5.75 Å². The van der Waals surface area contributed by atoms with E-state index in [2.05, 4.69) is 9.62 Å². The summed E-state index contributed by atoms with van der Waals surface area (Å²) in [6, 6.07) is 8.70. The highest BCUT2D eigenvalue weighted by molar-refractivity contribution is 7.92. The Bertz CT molecular complexity index is 1030. The summed E-state index contributed by atoms with van der Waals surface area (Å²) >= 11 is 0. The van der Waals surface area contributed by atoms with E-state index in [-0.39, 0.29) is 11.2 Å². The first-order chi connectivity index (χ1) is 14.0. The van der Waals surface area contributed by atoms with Gasteiger partial charge in [-0.25, -0.2) is 12.8 Å². The third-order valence-electron chi connectivity index (χ3n) is 5.07. The van der Waals surface area contributed by atoms with E-state index in [0.29, 0.717) is 43.1 Å². The van der Waals surface area contributed by atoms with Gasteiger partial charge in [0.05, 0.1) is 32.3 Å². The first-order valence-corrected chi connectivity index (χ1v) is 11.7. The Morgan fingerprint density at radius 2 is 1.77 bits per heavy atom. The molecule has 0 spiro atoms. The molecule has 0 bridgehead atoms.